The van der Waals surface area contributed by atoms with Gasteiger partial charge < -0.3 is 18.7 Å². The number of nitrogens with zero attached hydrogens (tertiary/aromatic N) is 3. The third-order valence-corrected chi connectivity index (χ3v) is 11.3. The van der Waals surface area contributed by atoms with E-state index in [0.29, 0.717) is 5.84 Å². The van der Waals surface area contributed by atoms with E-state index in [9.17, 15) is 0 Å². The van der Waals surface area contributed by atoms with Gasteiger partial charge in [-0.1, -0.05) is 133 Å². The predicted octanol–water partition coefficient (Wildman–Crippen LogP) is 12.7. The Morgan fingerprint density at radius 2 is 1.14 bits per heavy atom. The lowest BCUT2D eigenvalue weighted by atomic mass is 9.97. The molecule has 8 aromatic carbocycles. The zero-order chi connectivity index (χ0) is 37.5. The minimum absolute atomic E-state index is 0.282. The predicted molar refractivity (Wildman–Crippen MR) is 233 cm³/mol. The quantitative estimate of drug-likeness (QED) is 0.192. The average Bonchev–Trinajstić information content (AvgIpc) is 3.96. The summed E-state index contributed by atoms with van der Waals surface area (Å²) in [6, 6.07) is 63.2. The fraction of sp³-hybridized carbons (Fsp3) is 0.0196. The van der Waals surface area contributed by atoms with E-state index in [1.54, 1.807) is 0 Å². The fourth-order valence-corrected chi connectivity index (χ4v) is 8.66. The number of aromatic nitrogens is 1. The first-order valence-corrected chi connectivity index (χ1v) is 19.2. The number of amidine groups is 2. The van der Waals surface area contributed by atoms with E-state index < -0.39 is 0 Å². The van der Waals surface area contributed by atoms with E-state index in [1.165, 1.54) is 21.8 Å². The number of furan rings is 2. The molecule has 1 atom stereocenters. The van der Waals surface area contributed by atoms with Crippen LogP contribution in [0.3, 0.4) is 0 Å². The molecular formula is C51H32N4O2. The highest BCUT2D eigenvalue weighted by atomic mass is 16.3. The van der Waals surface area contributed by atoms with Crippen LogP contribution >= 0.6 is 0 Å². The topological polar surface area (TPSA) is 68.0 Å². The lowest BCUT2D eigenvalue weighted by Gasteiger charge is -2.23. The maximum atomic E-state index is 6.83. The van der Waals surface area contributed by atoms with Crippen LogP contribution < -0.4 is 5.32 Å². The van der Waals surface area contributed by atoms with Crippen LogP contribution in [-0.4, -0.2) is 16.2 Å². The van der Waals surface area contributed by atoms with Crippen LogP contribution in [0.1, 0.15) is 22.9 Å². The van der Waals surface area contributed by atoms with Gasteiger partial charge in [0.15, 0.2) is 5.84 Å². The van der Waals surface area contributed by atoms with Crippen LogP contribution in [0.2, 0.25) is 0 Å². The average molecular weight is 733 g/mol. The van der Waals surface area contributed by atoms with Crippen molar-refractivity contribution in [2.24, 2.45) is 9.98 Å². The zero-order valence-electron chi connectivity index (χ0n) is 30.6. The van der Waals surface area contributed by atoms with Crippen LogP contribution in [0.25, 0.3) is 82.5 Å². The molecule has 0 amide bonds. The molecule has 0 bridgehead atoms. The van der Waals surface area contributed by atoms with Crippen molar-refractivity contribution < 1.29 is 8.83 Å². The number of hydrogen-bond donors (Lipinski definition) is 1. The molecule has 57 heavy (non-hydrogen) atoms. The molecule has 1 unspecified atom stereocenters. The van der Waals surface area contributed by atoms with Crippen molar-refractivity contribution in [3.05, 3.63) is 199 Å². The van der Waals surface area contributed by atoms with E-state index in [4.69, 9.17) is 18.8 Å². The molecule has 0 spiro atoms. The van der Waals surface area contributed by atoms with Gasteiger partial charge >= 0.3 is 0 Å². The second-order valence-electron chi connectivity index (χ2n) is 14.6. The Morgan fingerprint density at radius 3 is 1.95 bits per heavy atom. The standard InChI is InChI=1S/C51H32N4O2/c1-3-13-31(14-4-1)49-52-50(32-15-5-2-6-16-32)54-51(53-49)33-25-27-37-39-20-11-21-40(48(39)57-45(37)29-33)38-19-12-24-44-47(38)41-28-26-34(30-46(41)56-44)55-42-22-9-7-17-35(42)36-18-8-10-23-43(36)55/h1-30,49H,(H,52,53,54). The molecule has 6 nitrogen and oxygen atoms in total. The molecule has 1 aliphatic rings. The summed E-state index contributed by atoms with van der Waals surface area (Å²) in [6.07, 6.45) is -0.282. The van der Waals surface area contributed by atoms with Crippen LogP contribution in [0.5, 0.6) is 0 Å². The second kappa shape index (κ2) is 12.4. The minimum atomic E-state index is -0.282. The largest absolute Gasteiger partial charge is 0.456 e. The molecular weight excluding hydrogens is 701 g/mol. The molecule has 0 radical (unpaired) electrons. The third kappa shape index (κ3) is 4.97. The molecule has 0 saturated carbocycles. The zero-order valence-corrected chi connectivity index (χ0v) is 30.6. The van der Waals surface area contributed by atoms with Gasteiger partial charge in [0.25, 0.3) is 0 Å². The first-order chi connectivity index (χ1) is 28.2. The first kappa shape index (κ1) is 31.6. The van der Waals surface area contributed by atoms with Crippen LogP contribution in [0.15, 0.2) is 201 Å². The Bertz CT molecular complexity index is 3390. The minimum Gasteiger partial charge on any atom is -0.456 e. The number of benzene rings is 8. The Labute approximate surface area is 326 Å². The van der Waals surface area contributed by atoms with Crippen molar-refractivity contribution in [1.82, 2.24) is 9.88 Å². The molecule has 0 fully saturated rings. The molecule has 12 rings (SSSR count). The van der Waals surface area contributed by atoms with Crippen LogP contribution in [0.4, 0.5) is 0 Å². The van der Waals surface area contributed by atoms with E-state index in [-0.39, 0.29) is 6.17 Å². The molecule has 6 heteroatoms. The summed E-state index contributed by atoms with van der Waals surface area (Å²) in [5, 5.41) is 10.2. The summed E-state index contributed by atoms with van der Waals surface area (Å²) in [4.78, 5) is 10.1. The van der Waals surface area contributed by atoms with Crippen molar-refractivity contribution in [3.63, 3.8) is 0 Å². The summed E-state index contributed by atoms with van der Waals surface area (Å²) in [5.41, 5.74) is 11.7. The van der Waals surface area contributed by atoms with Gasteiger partial charge in [-0.3, -0.25) is 0 Å². The molecule has 0 aliphatic carbocycles. The number of nitrogens with one attached hydrogen (secondary N) is 1. The van der Waals surface area contributed by atoms with E-state index >= 15 is 0 Å². The van der Waals surface area contributed by atoms with E-state index in [2.05, 4.69) is 155 Å². The van der Waals surface area contributed by atoms with Gasteiger partial charge in [0.1, 0.15) is 34.3 Å². The van der Waals surface area contributed by atoms with Crippen molar-refractivity contribution >= 4 is 77.4 Å². The van der Waals surface area contributed by atoms with Gasteiger partial charge in [-0.25, -0.2) is 9.98 Å². The molecule has 268 valence electrons. The summed E-state index contributed by atoms with van der Waals surface area (Å²) in [7, 11) is 0. The molecule has 0 saturated heterocycles. The van der Waals surface area contributed by atoms with Gasteiger partial charge in [0.2, 0.25) is 0 Å². The smallest absolute Gasteiger partial charge is 0.159 e. The maximum absolute atomic E-state index is 6.83. The Morgan fingerprint density at radius 1 is 0.474 bits per heavy atom. The Balaban J connectivity index is 0.986. The lowest BCUT2D eigenvalue weighted by molar-refractivity contribution is 0.668. The SMILES string of the molecule is c1ccc(C2=NC(c3ccc4c(c3)oc3c(-c5cccc6oc7cc(-n8c9ccccc9c9ccccc98)ccc7c56)cccc34)=NC(c3ccccc3)N2)cc1. The normalized spacial score (nSPS) is 14.5. The summed E-state index contributed by atoms with van der Waals surface area (Å²) in [5.74, 6) is 1.43. The second-order valence-corrected chi connectivity index (χ2v) is 14.6. The van der Waals surface area contributed by atoms with Crippen molar-refractivity contribution in [3.8, 4) is 16.8 Å². The summed E-state index contributed by atoms with van der Waals surface area (Å²) >= 11 is 0. The van der Waals surface area contributed by atoms with Gasteiger partial charge in [-0.05, 0) is 53.6 Å². The number of hydrogen-bond acceptors (Lipinski definition) is 5. The molecule has 3 aromatic heterocycles. The van der Waals surface area contributed by atoms with E-state index in [1.807, 2.05) is 36.4 Å². The lowest BCUT2D eigenvalue weighted by Crippen LogP contribution is -2.33. The highest BCUT2D eigenvalue weighted by Crippen LogP contribution is 2.43. The van der Waals surface area contributed by atoms with Crippen molar-refractivity contribution in [1.29, 1.82) is 0 Å². The Kier molecular flexibility index (Phi) is 6.89. The molecule has 11 aromatic rings. The number of rotatable bonds is 5. The van der Waals surface area contributed by atoms with Crippen LogP contribution in [-0.2, 0) is 0 Å². The van der Waals surface area contributed by atoms with Gasteiger partial charge in [0, 0.05) is 60.8 Å². The Hall–Kier alpha value is -7.70. The van der Waals surface area contributed by atoms with Gasteiger partial charge in [0.05, 0.1) is 11.0 Å². The van der Waals surface area contributed by atoms with Gasteiger partial charge in [-0.2, -0.15) is 0 Å². The van der Waals surface area contributed by atoms with Crippen molar-refractivity contribution in [2.45, 2.75) is 6.17 Å². The van der Waals surface area contributed by atoms with Gasteiger partial charge in [-0.15, -0.1) is 0 Å². The third-order valence-electron chi connectivity index (χ3n) is 11.3. The molecule has 4 heterocycles. The number of fused-ring (bicyclic) bond motifs is 9. The van der Waals surface area contributed by atoms with Crippen LogP contribution in [0, 0.1) is 0 Å². The fourth-order valence-electron chi connectivity index (χ4n) is 8.66. The highest BCUT2D eigenvalue weighted by molar-refractivity contribution is 6.19. The molecule has 1 aliphatic heterocycles. The van der Waals surface area contributed by atoms with Crippen molar-refractivity contribution in [2.75, 3.05) is 0 Å². The number of para-hydroxylation sites is 3. The monoisotopic (exact) mass is 732 g/mol. The first-order valence-electron chi connectivity index (χ1n) is 19.2. The maximum Gasteiger partial charge on any atom is 0.159 e. The molecule has 1 N–H and O–H groups in total. The number of aliphatic imine (C=N–C) groups is 2. The van der Waals surface area contributed by atoms with E-state index in [0.717, 1.165) is 83.2 Å². The summed E-state index contributed by atoms with van der Waals surface area (Å²) in [6.45, 7) is 0. The highest BCUT2D eigenvalue weighted by Gasteiger charge is 2.23. The summed E-state index contributed by atoms with van der Waals surface area (Å²) < 4.78 is 15.8.